The van der Waals surface area contributed by atoms with Crippen molar-refractivity contribution >= 4 is 34.1 Å². The van der Waals surface area contributed by atoms with Gasteiger partial charge in [-0.1, -0.05) is 25.1 Å². The Bertz CT molecular complexity index is 1700. The number of carbonyl (C=O) groups excluding carboxylic acids is 2. The van der Waals surface area contributed by atoms with Gasteiger partial charge in [-0.3, -0.25) is 14.9 Å². The Hall–Kier alpha value is -4.86. The van der Waals surface area contributed by atoms with E-state index >= 15 is 0 Å². The third kappa shape index (κ3) is 5.72. The van der Waals surface area contributed by atoms with Crippen LogP contribution in [-0.4, -0.2) is 42.6 Å². The molecule has 3 N–H and O–H groups in total. The molecule has 2 amide bonds. The van der Waals surface area contributed by atoms with Gasteiger partial charge >= 0.3 is 6.09 Å². The Morgan fingerprint density at radius 1 is 1.07 bits per heavy atom. The predicted molar refractivity (Wildman–Crippen MR) is 155 cm³/mol. The number of pyridine rings is 1. The number of rotatable bonds is 3. The van der Waals surface area contributed by atoms with Crippen molar-refractivity contribution in [2.24, 2.45) is 0 Å². The van der Waals surface area contributed by atoms with E-state index in [1.54, 1.807) is 49.4 Å². The summed E-state index contributed by atoms with van der Waals surface area (Å²) in [7, 11) is 3.24. The molecule has 0 spiro atoms. The van der Waals surface area contributed by atoms with Crippen molar-refractivity contribution in [3.05, 3.63) is 99.2 Å². The van der Waals surface area contributed by atoms with Gasteiger partial charge in [-0.05, 0) is 60.0 Å². The Kier molecular flexibility index (Phi) is 7.65. The molecule has 9 nitrogen and oxygen atoms in total. The molecule has 6 rings (SSSR count). The Morgan fingerprint density at radius 3 is 2.66 bits per heavy atom. The number of hydrogen-bond donors (Lipinski definition) is 3. The minimum absolute atomic E-state index is 0.119. The molecule has 10 heteroatoms. The number of amides is 2. The van der Waals surface area contributed by atoms with Gasteiger partial charge in [-0.2, -0.15) is 0 Å². The van der Waals surface area contributed by atoms with Crippen molar-refractivity contribution in [3.8, 4) is 5.75 Å². The van der Waals surface area contributed by atoms with Crippen molar-refractivity contribution in [1.29, 1.82) is 0 Å². The van der Waals surface area contributed by atoms with E-state index < -0.39 is 23.5 Å². The summed E-state index contributed by atoms with van der Waals surface area (Å²) in [5.41, 5.74) is 3.74. The summed E-state index contributed by atoms with van der Waals surface area (Å²) in [6, 6.07) is 14.7. The molecule has 0 radical (unpaired) electrons. The maximum absolute atomic E-state index is 14.3. The lowest BCUT2D eigenvalue weighted by molar-refractivity contribution is -0.131. The maximum Gasteiger partial charge on any atom is 0.411 e. The monoisotopic (exact) mass is 558 g/mol. The van der Waals surface area contributed by atoms with Crippen LogP contribution in [0.3, 0.4) is 0 Å². The van der Waals surface area contributed by atoms with E-state index in [-0.39, 0.29) is 35.7 Å². The fourth-order valence-corrected chi connectivity index (χ4v) is 5.29. The lowest BCUT2D eigenvalue weighted by Crippen LogP contribution is -2.35. The summed E-state index contributed by atoms with van der Waals surface area (Å²) < 4.78 is 25.6. The van der Waals surface area contributed by atoms with Crippen LogP contribution in [0, 0.1) is 12.7 Å². The normalized spacial score (nSPS) is 17.7. The van der Waals surface area contributed by atoms with Crippen LogP contribution in [-0.2, 0) is 16.1 Å². The molecule has 1 aromatic heterocycles. The summed E-state index contributed by atoms with van der Waals surface area (Å²) in [5, 5.41) is 6.38. The molecule has 4 bridgehead atoms. The molecule has 0 saturated heterocycles. The number of aromatic amines is 1. The molecular formula is C31H31FN4O5. The first-order valence-corrected chi connectivity index (χ1v) is 13.2. The first kappa shape index (κ1) is 27.7. The largest absolute Gasteiger partial charge is 0.496 e. The standard InChI is InChI=1S/C31H31FN4O5/c1-17-10-20-12-26(40-4)27(17)18(2)16-41-31(39)35-21-7-5-6-19(11-21)15-36(3)30(38)28(20)34-22-8-9-23-24(13-22)29(37)33-14-25(23)32/h5-14,18,28,34H,15-16H2,1-4H3,(H,33,37)(H,35,39)/t18-,28+/m0/s1. The van der Waals surface area contributed by atoms with Crippen LogP contribution in [0.5, 0.6) is 5.75 Å². The SMILES string of the molecule is COc1cc2cc(C)c1[C@@H](C)COC(=O)Nc1cccc(c1)CN(C)C(=O)[C@@H]2Nc1ccc2c(F)c[nH]c(=O)c2c1. The van der Waals surface area contributed by atoms with Crippen LogP contribution in [0.15, 0.2) is 65.6 Å². The molecule has 3 heterocycles. The van der Waals surface area contributed by atoms with Crippen molar-refractivity contribution in [2.45, 2.75) is 32.4 Å². The number of anilines is 2. The molecule has 2 atom stereocenters. The molecule has 2 aliphatic heterocycles. The van der Waals surface area contributed by atoms with Gasteiger partial charge < -0.3 is 24.7 Å². The molecule has 41 heavy (non-hydrogen) atoms. The van der Waals surface area contributed by atoms with E-state index in [0.717, 1.165) is 22.9 Å². The quantitative estimate of drug-likeness (QED) is 0.308. The van der Waals surface area contributed by atoms with E-state index in [0.29, 0.717) is 22.7 Å². The van der Waals surface area contributed by atoms with E-state index in [1.165, 1.54) is 12.1 Å². The van der Waals surface area contributed by atoms with E-state index in [9.17, 15) is 18.8 Å². The lowest BCUT2D eigenvalue weighted by atomic mass is 9.91. The second kappa shape index (κ2) is 11.3. The number of ether oxygens (including phenoxy) is 2. The van der Waals surface area contributed by atoms with Crippen molar-refractivity contribution in [3.63, 3.8) is 0 Å². The van der Waals surface area contributed by atoms with E-state index in [2.05, 4.69) is 15.6 Å². The molecule has 0 aliphatic carbocycles. The van der Waals surface area contributed by atoms with Crippen LogP contribution < -0.4 is 20.9 Å². The van der Waals surface area contributed by atoms with E-state index in [1.807, 2.05) is 26.0 Å². The number of halogens is 1. The number of methoxy groups -OCH3 is 1. The van der Waals surface area contributed by atoms with Gasteiger partial charge in [0.05, 0.1) is 19.1 Å². The van der Waals surface area contributed by atoms with Gasteiger partial charge in [0.15, 0.2) is 0 Å². The van der Waals surface area contributed by atoms with Crippen molar-refractivity contribution < 1.29 is 23.5 Å². The van der Waals surface area contributed by atoms with Gasteiger partial charge in [0, 0.05) is 48.0 Å². The highest BCUT2D eigenvalue weighted by atomic mass is 19.1. The second-order valence-corrected chi connectivity index (χ2v) is 10.3. The van der Waals surface area contributed by atoms with Crippen LogP contribution in [0.4, 0.5) is 20.6 Å². The molecule has 2 aliphatic rings. The second-order valence-electron chi connectivity index (χ2n) is 10.3. The van der Waals surface area contributed by atoms with Crippen LogP contribution in [0.1, 0.15) is 41.1 Å². The number of hydrogen-bond acceptors (Lipinski definition) is 6. The van der Waals surface area contributed by atoms with Gasteiger partial charge in [-0.15, -0.1) is 0 Å². The Labute approximate surface area is 236 Å². The zero-order chi connectivity index (χ0) is 29.3. The first-order valence-electron chi connectivity index (χ1n) is 13.2. The van der Waals surface area contributed by atoms with Crippen molar-refractivity contribution in [1.82, 2.24) is 9.88 Å². The molecule has 212 valence electrons. The predicted octanol–water partition coefficient (Wildman–Crippen LogP) is 5.46. The van der Waals surface area contributed by atoms with Gasteiger partial charge in [-0.25, -0.2) is 9.18 Å². The average molecular weight is 559 g/mol. The number of nitrogens with zero attached hydrogens (tertiary/aromatic N) is 1. The Morgan fingerprint density at radius 2 is 1.88 bits per heavy atom. The zero-order valence-corrected chi connectivity index (χ0v) is 23.2. The fraction of sp³-hybridized carbons (Fsp3) is 0.258. The molecule has 0 saturated carbocycles. The third-order valence-electron chi connectivity index (χ3n) is 7.26. The number of nitrogens with one attached hydrogen (secondary N) is 3. The Balaban J connectivity index is 1.62. The molecule has 3 aromatic carbocycles. The first-order chi connectivity index (χ1) is 19.6. The molecule has 4 aromatic rings. The van der Waals surface area contributed by atoms with Crippen LogP contribution >= 0.6 is 0 Å². The van der Waals surface area contributed by atoms with Crippen LogP contribution in [0.25, 0.3) is 10.8 Å². The molecule has 0 fully saturated rings. The molecule has 0 unspecified atom stereocenters. The number of carbonyl (C=O) groups is 2. The third-order valence-corrected chi connectivity index (χ3v) is 7.26. The highest BCUT2D eigenvalue weighted by molar-refractivity contribution is 5.89. The number of aromatic nitrogens is 1. The zero-order valence-electron chi connectivity index (χ0n) is 23.2. The number of H-pyrrole nitrogens is 1. The summed E-state index contributed by atoms with van der Waals surface area (Å²) in [6.07, 6.45) is 0.457. The lowest BCUT2D eigenvalue weighted by Gasteiger charge is -2.28. The van der Waals surface area contributed by atoms with Gasteiger partial charge in [0.1, 0.15) is 17.6 Å². The molecular weight excluding hydrogens is 527 g/mol. The summed E-state index contributed by atoms with van der Waals surface area (Å²) >= 11 is 0. The van der Waals surface area contributed by atoms with Gasteiger partial charge in [0.25, 0.3) is 5.56 Å². The smallest absolute Gasteiger partial charge is 0.411 e. The number of benzene rings is 3. The number of likely N-dealkylation sites (N-methyl/N-ethyl adjacent to an activating group) is 1. The average Bonchev–Trinajstić information content (AvgIpc) is 2.95. The number of aryl methyl sites for hydroxylation is 1. The minimum atomic E-state index is -0.867. The topological polar surface area (TPSA) is 113 Å². The highest BCUT2D eigenvalue weighted by Crippen LogP contribution is 2.35. The van der Waals surface area contributed by atoms with Crippen LogP contribution in [0.2, 0.25) is 0 Å². The van der Waals surface area contributed by atoms with Gasteiger partial charge in [0.2, 0.25) is 5.91 Å². The minimum Gasteiger partial charge on any atom is -0.496 e. The fourth-order valence-electron chi connectivity index (χ4n) is 5.29. The summed E-state index contributed by atoms with van der Waals surface area (Å²) in [4.78, 5) is 43.0. The highest BCUT2D eigenvalue weighted by Gasteiger charge is 2.28. The maximum atomic E-state index is 14.3. The van der Waals surface area contributed by atoms with Crippen molar-refractivity contribution in [2.75, 3.05) is 31.4 Å². The summed E-state index contributed by atoms with van der Waals surface area (Å²) in [6.45, 7) is 4.22. The van der Waals surface area contributed by atoms with E-state index in [4.69, 9.17) is 9.47 Å². The summed E-state index contributed by atoms with van der Waals surface area (Å²) in [5.74, 6) is -0.437. The number of fused-ring (bicyclic) bond motifs is 10.